The third-order valence-electron chi connectivity index (χ3n) is 4.51. The Hall–Kier alpha value is -2.60. The Kier molecular flexibility index (Phi) is 4.63. The Balaban J connectivity index is 2.11. The van der Waals surface area contributed by atoms with Crippen molar-refractivity contribution in [3.05, 3.63) is 68.7 Å². The van der Waals surface area contributed by atoms with Crippen molar-refractivity contribution in [2.75, 3.05) is 5.32 Å². The highest BCUT2D eigenvalue weighted by Crippen LogP contribution is 2.37. The van der Waals surface area contributed by atoms with Crippen LogP contribution in [0.4, 0.5) is 11.4 Å². The van der Waals surface area contributed by atoms with E-state index in [9.17, 15) is 14.9 Å². The number of nitrogens with one attached hydrogen (secondary N) is 1. The van der Waals surface area contributed by atoms with Crippen LogP contribution in [-0.4, -0.2) is 21.8 Å². The first-order valence-corrected chi connectivity index (χ1v) is 8.44. The lowest BCUT2D eigenvalue weighted by atomic mass is 10.0. The predicted molar refractivity (Wildman–Crippen MR) is 96.8 cm³/mol. The third kappa shape index (κ3) is 3.05. The van der Waals surface area contributed by atoms with Crippen LogP contribution in [0.25, 0.3) is 0 Å². The number of nitro groups is 1. The molecule has 1 aliphatic heterocycles. The van der Waals surface area contributed by atoms with Crippen LogP contribution in [0.5, 0.6) is 0 Å². The van der Waals surface area contributed by atoms with Gasteiger partial charge >= 0.3 is 0 Å². The molecular weight excluding hydrogens is 342 g/mol. The van der Waals surface area contributed by atoms with Crippen LogP contribution in [-0.2, 0) is 0 Å². The molecule has 0 aliphatic carbocycles. The van der Waals surface area contributed by atoms with Gasteiger partial charge in [-0.15, -0.1) is 0 Å². The molecule has 3 rings (SSSR count). The van der Waals surface area contributed by atoms with Gasteiger partial charge in [0, 0.05) is 23.4 Å². The molecule has 6 nitrogen and oxygen atoms in total. The molecule has 25 heavy (non-hydrogen) atoms. The van der Waals surface area contributed by atoms with Crippen LogP contribution in [0, 0.1) is 10.1 Å². The molecule has 0 radical (unpaired) electrons. The third-order valence-corrected chi connectivity index (χ3v) is 4.83. The fourth-order valence-corrected chi connectivity index (χ4v) is 3.19. The highest BCUT2D eigenvalue weighted by Gasteiger charge is 2.36. The molecule has 1 heterocycles. The highest BCUT2D eigenvalue weighted by molar-refractivity contribution is 6.32. The highest BCUT2D eigenvalue weighted by atomic mass is 35.5. The Morgan fingerprint density at radius 2 is 2.04 bits per heavy atom. The first kappa shape index (κ1) is 17.2. The number of carbonyl (C=O) groups is 1. The Bertz CT molecular complexity index is 840. The maximum Gasteiger partial charge on any atom is 0.288 e. The molecule has 2 aromatic rings. The smallest absolute Gasteiger partial charge is 0.288 e. The number of benzene rings is 2. The maximum atomic E-state index is 13.0. The molecular formula is C18H18ClN3O3. The van der Waals surface area contributed by atoms with Gasteiger partial charge in [-0.25, -0.2) is 0 Å². The number of para-hydroxylation sites is 1. The topological polar surface area (TPSA) is 75.5 Å². The minimum absolute atomic E-state index is 0.0342. The molecule has 2 atom stereocenters. The first-order valence-electron chi connectivity index (χ1n) is 8.06. The Labute approximate surface area is 150 Å². The molecule has 0 fully saturated rings. The maximum absolute atomic E-state index is 13.0. The number of hydrogen-bond donors (Lipinski definition) is 1. The molecule has 0 saturated carbocycles. The van der Waals surface area contributed by atoms with Crippen molar-refractivity contribution in [2.24, 2.45) is 0 Å². The lowest BCUT2D eigenvalue weighted by molar-refractivity contribution is -0.384. The van der Waals surface area contributed by atoms with Crippen molar-refractivity contribution in [1.82, 2.24) is 4.90 Å². The summed E-state index contributed by atoms with van der Waals surface area (Å²) < 4.78 is 0. The monoisotopic (exact) mass is 359 g/mol. The number of halogens is 1. The van der Waals surface area contributed by atoms with Gasteiger partial charge in [0.05, 0.1) is 10.5 Å². The molecule has 0 spiro atoms. The Morgan fingerprint density at radius 1 is 1.32 bits per heavy atom. The van der Waals surface area contributed by atoms with E-state index >= 15 is 0 Å². The number of fused-ring (bicyclic) bond motifs is 1. The lowest BCUT2D eigenvalue weighted by Gasteiger charge is -2.41. The number of nitrogens with zero attached hydrogens (tertiary/aromatic N) is 2. The number of rotatable bonds is 4. The second-order valence-corrected chi connectivity index (χ2v) is 6.44. The van der Waals surface area contributed by atoms with Gasteiger partial charge in [-0.2, -0.15) is 0 Å². The zero-order chi connectivity index (χ0) is 18.1. The van der Waals surface area contributed by atoms with Crippen LogP contribution < -0.4 is 5.32 Å². The van der Waals surface area contributed by atoms with Crippen molar-refractivity contribution < 1.29 is 9.72 Å². The van der Waals surface area contributed by atoms with E-state index in [-0.39, 0.29) is 22.7 Å². The molecule has 1 N–H and O–H groups in total. The second-order valence-electron chi connectivity index (χ2n) is 6.03. The van der Waals surface area contributed by atoms with E-state index in [2.05, 4.69) is 5.32 Å². The molecule has 1 aliphatic rings. The van der Waals surface area contributed by atoms with E-state index in [0.29, 0.717) is 11.1 Å². The standard InChI is InChI=1S/C18H18ClN3O3/c1-3-11(2)21-17(12-8-9-14(19)16(10-12)22(24)25)20-15-7-5-4-6-13(15)18(21)23/h4-11,17,20H,3H2,1-2H3. The summed E-state index contributed by atoms with van der Waals surface area (Å²) in [5.41, 5.74) is 1.77. The van der Waals surface area contributed by atoms with Crippen molar-refractivity contribution in [3.8, 4) is 0 Å². The zero-order valence-corrected chi connectivity index (χ0v) is 14.7. The molecule has 130 valence electrons. The first-order chi connectivity index (χ1) is 11.9. The fraction of sp³-hybridized carbons (Fsp3) is 0.278. The molecule has 0 saturated heterocycles. The van der Waals surface area contributed by atoms with Crippen LogP contribution >= 0.6 is 11.6 Å². The summed E-state index contributed by atoms with van der Waals surface area (Å²) in [6.07, 6.45) is 0.273. The SMILES string of the molecule is CCC(C)N1C(=O)c2ccccc2NC1c1ccc(Cl)c([N+](=O)[O-])c1. The summed E-state index contributed by atoms with van der Waals surface area (Å²) in [6, 6.07) is 11.9. The van der Waals surface area contributed by atoms with Crippen LogP contribution in [0.2, 0.25) is 5.02 Å². The summed E-state index contributed by atoms with van der Waals surface area (Å²) in [6.45, 7) is 3.96. The summed E-state index contributed by atoms with van der Waals surface area (Å²) in [4.78, 5) is 25.4. The van der Waals surface area contributed by atoms with Gasteiger partial charge in [0.2, 0.25) is 0 Å². The van der Waals surface area contributed by atoms with Gasteiger partial charge in [-0.3, -0.25) is 14.9 Å². The molecule has 7 heteroatoms. The van der Waals surface area contributed by atoms with E-state index in [1.54, 1.807) is 17.0 Å². The number of anilines is 1. The molecule has 1 amide bonds. The number of nitro benzene ring substituents is 1. The minimum atomic E-state index is -0.516. The summed E-state index contributed by atoms with van der Waals surface area (Å²) in [5, 5.41) is 14.6. The average molecular weight is 360 g/mol. The van der Waals surface area contributed by atoms with Crippen molar-refractivity contribution in [3.63, 3.8) is 0 Å². The van der Waals surface area contributed by atoms with Gasteiger partial charge in [0.15, 0.2) is 0 Å². The summed E-state index contributed by atoms with van der Waals surface area (Å²) in [5.74, 6) is -0.0914. The van der Waals surface area contributed by atoms with Gasteiger partial charge < -0.3 is 10.2 Å². The molecule has 2 unspecified atom stereocenters. The Morgan fingerprint density at radius 3 is 2.72 bits per heavy atom. The van der Waals surface area contributed by atoms with Crippen LogP contribution in [0.1, 0.15) is 42.4 Å². The van der Waals surface area contributed by atoms with Crippen molar-refractivity contribution in [1.29, 1.82) is 0 Å². The molecule has 2 aromatic carbocycles. The predicted octanol–water partition coefficient (Wildman–Crippen LogP) is 4.61. The molecule has 0 bridgehead atoms. The number of carbonyl (C=O) groups excluding carboxylic acids is 1. The summed E-state index contributed by atoms with van der Waals surface area (Å²) in [7, 11) is 0. The summed E-state index contributed by atoms with van der Waals surface area (Å²) >= 11 is 5.92. The second kappa shape index (κ2) is 6.72. The largest absolute Gasteiger partial charge is 0.361 e. The van der Waals surface area contributed by atoms with E-state index < -0.39 is 11.1 Å². The van der Waals surface area contributed by atoms with Crippen LogP contribution in [0.15, 0.2) is 42.5 Å². The molecule has 0 aromatic heterocycles. The number of amides is 1. The van der Waals surface area contributed by atoms with Gasteiger partial charge in [-0.05, 0) is 31.5 Å². The fourth-order valence-electron chi connectivity index (χ4n) is 3.00. The van der Waals surface area contributed by atoms with E-state index in [0.717, 1.165) is 12.1 Å². The van der Waals surface area contributed by atoms with Crippen LogP contribution in [0.3, 0.4) is 0 Å². The van der Waals surface area contributed by atoms with Crippen molar-refractivity contribution in [2.45, 2.75) is 32.5 Å². The van der Waals surface area contributed by atoms with Gasteiger partial charge in [0.1, 0.15) is 11.2 Å². The lowest BCUT2D eigenvalue weighted by Crippen LogP contribution is -2.47. The van der Waals surface area contributed by atoms with Crippen molar-refractivity contribution >= 4 is 28.9 Å². The van der Waals surface area contributed by atoms with E-state index in [4.69, 9.17) is 11.6 Å². The van der Waals surface area contributed by atoms with E-state index in [1.165, 1.54) is 12.1 Å². The van der Waals surface area contributed by atoms with E-state index in [1.807, 2.05) is 32.0 Å². The van der Waals surface area contributed by atoms with Gasteiger partial charge in [-0.1, -0.05) is 36.7 Å². The average Bonchev–Trinajstić information content (AvgIpc) is 2.61. The number of hydrogen-bond acceptors (Lipinski definition) is 4. The minimum Gasteiger partial charge on any atom is -0.361 e. The zero-order valence-electron chi connectivity index (χ0n) is 13.9. The normalized spacial score (nSPS) is 17.6. The quantitative estimate of drug-likeness (QED) is 0.638. The van der Waals surface area contributed by atoms with Gasteiger partial charge in [0.25, 0.3) is 11.6 Å².